The van der Waals surface area contributed by atoms with Gasteiger partial charge in [-0.05, 0) is 12.8 Å². The van der Waals surface area contributed by atoms with Crippen molar-refractivity contribution in [1.29, 1.82) is 0 Å². The Hall–Kier alpha value is -0.830. The molecule has 1 aromatic rings. The molecule has 0 saturated heterocycles. The molecule has 0 amide bonds. The highest BCUT2D eigenvalue weighted by Gasteiger charge is 1.93. The molecule has 0 fully saturated rings. The standard InChI is InChI=1S/C8H14N2O/c11-7-3-1-2-4-8-9-5-6-10-8/h5-6,11H,1-4,7H2,(H,9,10). The van der Waals surface area contributed by atoms with Crippen molar-refractivity contribution in [2.75, 3.05) is 6.61 Å². The van der Waals surface area contributed by atoms with Gasteiger partial charge in [0.15, 0.2) is 0 Å². The fourth-order valence-electron chi connectivity index (χ4n) is 1.02. The number of nitrogens with one attached hydrogen (secondary N) is 1. The molecule has 3 nitrogen and oxygen atoms in total. The molecule has 0 aliphatic rings. The molecule has 0 aromatic carbocycles. The highest BCUT2D eigenvalue weighted by molar-refractivity contribution is 4.86. The van der Waals surface area contributed by atoms with Gasteiger partial charge in [-0.2, -0.15) is 0 Å². The number of imidazole rings is 1. The van der Waals surface area contributed by atoms with Crippen molar-refractivity contribution in [3.05, 3.63) is 18.2 Å². The first-order chi connectivity index (χ1) is 5.43. The van der Waals surface area contributed by atoms with Gasteiger partial charge in [-0.25, -0.2) is 4.98 Å². The zero-order chi connectivity index (χ0) is 7.94. The number of aromatic amines is 1. The summed E-state index contributed by atoms with van der Waals surface area (Å²) < 4.78 is 0. The summed E-state index contributed by atoms with van der Waals surface area (Å²) in [5.74, 6) is 1.04. The molecule has 1 heterocycles. The Morgan fingerprint density at radius 2 is 2.27 bits per heavy atom. The largest absolute Gasteiger partial charge is 0.396 e. The van der Waals surface area contributed by atoms with Crippen molar-refractivity contribution in [2.45, 2.75) is 25.7 Å². The molecule has 0 atom stereocenters. The smallest absolute Gasteiger partial charge is 0.105 e. The molecule has 0 bridgehead atoms. The molecule has 62 valence electrons. The Morgan fingerprint density at radius 3 is 2.91 bits per heavy atom. The first-order valence-electron chi connectivity index (χ1n) is 4.02. The maximum absolute atomic E-state index is 8.50. The number of aliphatic hydroxyl groups is 1. The van der Waals surface area contributed by atoms with Gasteiger partial charge in [-0.3, -0.25) is 0 Å². The second-order valence-corrected chi connectivity index (χ2v) is 2.57. The molecular formula is C8H14N2O. The van der Waals surface area contributed by atoms with E-state index in [2.05, 4.69) is 9.97 Å². The highest BCUT2D eigenvalue weighted by Crippen LogP contribution is 2.00. The van der Waals surface area contributed by atoms with Crippen molar-refractivity contribution in [3.8, 4) is 0 Å². The third-order valence-corrected chi connectivity index (χ3v) is 1.63. The molecule has 3 heteroatoms. The van der Waals surface area contributed by atoms with Crippen LogP contribution in [0.25, 0.3) is 0 Å². The lowest BCUT2D eigenvalue weighted by molar-refractivity contribution is 0.283. The summed E-state index contributed by atoms with van der Waals surface area (Å²) in [5.41, 5.74) is 0. The van der Waals surface area contributed by atoms with Gasteiger partial charge in [0.1, 0.15) is 5.82 Å². The van der Waals surface area contributed by atoms with Crippen LogP contribution in [0.3, 0.4) is 0 Å². The van der Waals surface area contributed by atoms with E-state index in [0.29, 0.717) is 6.61 Å². The highest BCUT2D eigenvalue weighted by atomic mass is 16.2. The number of aliphatic hydroxyl groups excluding tert-OH is 1. The van der Waals surface area contributed by atoms with Gasteiger partial charge in [0.25, 0.3) is 0 Å². The van der Waals surface area contributed by atoms with Crippen molar-refractivity contribution < 1.29 is 5.11 Å². The molecule has 0 aliphatic carbocycles. The molecule has 1 rings (SSSR count). The van der Waals surface area contributed by atoms with Crippen LogP contribution in [0, 0.1) is 0 Å². The minimum absolute atomic E-state index is 0.304. The summed E-state index contributed by atoms with van der Waals surface area (Å²) in [5, 5.41) is 8.50. The van der Waals surface area contributed by atoms with Crippen LogP contribution >= 0.6 is 0 Å². The van der Waals surface area contributed by atoms with Crippen molar-refractivity contribution in [1.82, 2.24) is 9.97 Å². The predicted molar refractivity (Wildman–Crippen MR) is 43.2 cm³/mol. The van der Waals surface area contributed by atoms with E-state index in [4.69, 9.17) is 5.11 Å². The summed E-state index contributed by atoms with van der Waals surface area (Å²) in [7, 11) is 0. The van der Waals surface area contributed by atoms with Crippen molar-refractivity contribution >= 4 is 0 Å². The average molecular weight is 154 g/mol. The summed E-state index contributed by atoms with van der Waals surface area (Å²) in [6, 6.07) is 0. The van der Waals surface area contributed by atoms with Crippen LogP contribution < -0.4 is 0 Å². The number of aromatic nitrogens is 2. The van der Waals surface area contributed by atoms with E-state index in [1.807, 2.05) is 6.20 Å². The Balaban J connectivity index is 2.04. The minimum Gasteiger partial charge on any atom is -0.396 e. The normalized spacial score (nSPS) is 10.3. The SMILES string of the molecule is OCCCCCc1ncc[nH]1. The molecule has 0 aliphatic heterocycles. The van der Waals surface area contributed by atoms with Gasteiger partial charge in [-0.1, -0.05) is 6.42 Å². The molecule has 1 aromatic heterocycles. The van der Waals surface area contributed by atoms with Crippen LogP contribution in [0.4, 0.5) is 0 Å². The Labute approximate surface area is 66.5 Å². The van der Waals surface area contributed by atoms with Crippen LogP contribution in [0.2, 0.25) is 0 Å². The summed E-state index contributed by atoms with van der Waals surface area (Å²) in [6.07, 6.45) is 7.68. The zero-order valence-electron chi connectivity index (χ0n) is 6.58. The molecule has 2 N–H and O–H groups in total. The van der Waals surface area contributed by atoms with Crippen molar-refractivity contribution in [3.63, 3.8) is 0 Å². The van der Waals surface area contributed by atoms with E-state index in [1.165, 1.54) is 0 Å². The lowest BCUT2D eigenvalue weighted by Crippen LogP contribution is -1.89. The Kier molecular flexibility index (Phi) is 3.69. The van der Waals surface area contributed by atoms with E-state index < -0.39 is 0 Å². The van der Waals surface area contributed by atoms with Gasteiger partial charge in [0.05, 0.1) is 0 Å². The van der Waals surface area contributed by atoms with E-state index >= 15 is 0 Å². The fraction of sp³-hybridized carbons (Fsp3) is 0.625. The van der Waals surface area contributed by atoms with E-state index in [0.717, 1.165) is 31.5 Å². The maximum atomic E-state index is 8.50. The topological polar surface area (TPSA) is 48.9 Å². The van der Waals surface area contributed by atoms with Gasteiger partial charge < -0.3 is 10.1 Å². The molecular weight excluding hydrogens is 140 g/mol. The predicted octanol–water partition coefficient (Wildman–Crippen LogP) is 1.11. The number of unbranched alkanes of at least 4 members (excludes halogenated alkanes) is 2. The fourth-order valence-corrected chi connectivity index (χ4v) is 1.02. The number of H-pyrrole nitrogens is 1. The summed E-state index contributed by atoms with van der Waals surface area (Å²) in [6.45, 7) is 0.304. The molecule has 0 saturated carbocycles. The van der Waals surface area contributed by atoms with Gasteiger partial charge in [0, 0.05) is 25.4 Å². The lowest BCUT2D eigenvalue weighted by Gasteiger charge is -1.95. The average Bonchev–Trinajstić information content (AvgIpc) is 2.50. The van der Waals surface area contributed by atoms with Crippen LogP contribution in [-0.4, -0.2) is 21.7 Å². The number of aryl methyl sites for hydroxylation is 1. The maximum Gasteiger partial charge on any atom is 0.105 e. The molecule has 0 spiro atoms. The third-order valence-electron chi connectivity index (χ3n) is 1.63. The van der Waals surface area contributed by atoms with Crippen LogP contribution in [0.5, 0.6) is 0 Å². The van der Waals surface area contributed by atoms with Gasteiger partial charge >= 0.3 is 0 Å². The van der Waals surface area contributed by atoms with E-state index in [9.17, 15) is 0 Å². The Bertz CT molecular complexity index is 172. The number of rotatable bonds is 5. The number of hydrogen-bond acceptors (Lipinski definition) is 2. The zero-order valence-corrected chi connectivity index (χ0v) is 6.58. The summed E-state index contributed by atoms with van der Waals surface area (Å²) in [4.78, 5) is 7.14. The molecule has 11 heavy (non-hydrogen) atoms. The first-order valence-corrected chi connectivity index (χ1v) is 4.02. The third kappa shape index (κ3) is 3.18. The minimum atomic E-state index is 0.304. The van der Waals surface area contributed by atoms with Crippen LogP contribution in [-0.2, 0) is 6.42 Å². The number of hydrogen-bond donors (Lipinski definition) is 2. The van der Waals surface area contributed by atoms with Crippen LogP contribution in [0.1, 0.15) is 25.1 Å². The lowest BCUT2D eigenvalue weighted by atomic mass is 10.2. The van der Waals surface area contributed by atoms with Gasteiger partial charge in [-0.15, -0.1) is 0 Å². The second kappa shape index (κ2) is 4.91. The number of nitrogens with zero attached hydrogens (tertiary/aromatic N) is 1. The molecule has 0 unspecified atom stereocenters. The Morgan fingerprint density at radius 1 is 1.36 bits per heavy atom. The first kappa shape index (κ1) is 8.27. The van der Waals surface area contributed by atoms with Crippen LogP contribution in [0.15, 0.2) is 12.4 Å². The molecule has 0 radical (unpaired) electrons. The van der Waals surface area contributed by atoms with Crippen molar-refractivity contribution in [2.24, 2.45) is 0 Å². The van der Waals surface area contributed by atoms with E-state index in [-0.39, 0.29) is 0 Å². The monoisotopic (exact) mass is 154 g/mol. The van der Waals surface area contributed by atoms with E-state index in [1.54, 1.807) is 6.20 Å². The second-order valence-electron chi connectivity index (χ2n) is 2.57. The van der Waals surface area contributed by atoms with Gasteiger partial charge in [0.2, 0.25) is 0 Å². The summed E-state index contributed by atoms with van der Waals surface area (Å²) >= 11 is 0. The quantitative estimate of drug-likeness (QED) is 0.624.